The standard InChI is InChI=1S/C21H33N7O2.HI/c1-21(2,3)30-20(29)27-13-8-9-16(15-27)24-19(22-4)23-12-7-11-18-26-25-17-10-5-6-14-28(17)18;/h5-6,10,14,16H,7-9,11-13,15H2,1-4H3,(H2,22,23,24);1H. The van der Waals surface area contributed by atoms with Gasteiger partial charge in [-0.15, -0.1) is 34.2 Å². The smallest absolute Gasteiger partial charge is 0.410 e. The van der Waals surface area contributed by atoms with Gasteiger partial charge in [0.05, 0.1) is 0 Å². The number of aromatic nitrogens is 3. The summed E-state index contributed by atoms with van der Waals surface area (Å²) < 4.78 is 7.52. The molecule has 172 valence electrons. The molecule has 2 aromatic heterocycles. The van der Waals surface area contributed by atoms with Crippen LogP contribution in [0.5, 0.6) is 0 Å². The van der Waals surface area contributed by atoms with E-state index >= 15 is 0 Å². The molecule has 0 bridgehead atoms. The number of carbonyl (C=O) groups excluding carboxylic acids is 1. The van der Waals surface area contributed by atoms with E-state index < -0.39 is 5.60 Å². The van der Waals surface area contributed by atoms with Crippen LogP contribution in [0.4, 0.5) is 4.79 Å². The molecule has 1 amide bonds. The van der Waals surface area contributed by atoms with Crippen LogP contribution >= 0.6 is 24.0 Å². The molecular formula is C21H34IN7O2. The molecule has 1 atom stereocenters. The van der Waals surface area contributed by atoms with Gasteiger partial charge in [0.15, 0.2) is 11.6 Å². The number of halogens is 1. The second kappa shape index (κ2) is 11.5. The number of likely N-dealkylation sites (tertiary alicyclic amines) is 1. The molecule has 0 spiro atoms. The number of ether oxygens (including phenoxy) is 1. The number of piperidine rings is 1. The Morgan fingerprint density at radius 2 is 2.13 bits per heavy atom. The van der Waals surface area contributed by atoms with E-state index in [1.54, 1.807) is 11.9 Å². The second-order valence-corrected chi connectivity index (χ2v) is 8.56. The van der Waals surface area contributed by atoms with E-state index in [2.05, 4.69) is 25.8 Å². The van der Waals surface area contributed by atoms with Gasteiger partial charge < -0.3 is 20.3 Å². The van der Waals surface area contributed by atoms with Crippen LogP contribution in [0.25, 0.3) is 5.65 Å². The number of pyridine rings is 1. The molecule has 1 unspecified atom stereocenters. The summed E-state index contributed by atoms with van der Waals surface area (Å²) in [6.45, 7) is 7.77. The summed E-state index contributed by atoms with van der Waals surface area (Å²) in [6, 6.07) is 6.04. The quantitative estimate of drug-likeness (QED) is 0.261. The summed E-state index contributed by atoms with van der Waals surface area (Å²) in [5.41, 5.74) is 0.384. The Labute approximate surface area is 201 Å². The normalized spacial score (nSPS) is 17.2. The van der Waals surface area contributed by atoms with Crippen LogP contribution in [0, 0.1) is 0 Å². The van der Waals surface area contributed by atoms with E-state index in [9.17, 15) is 4.79 Å². The molecule has 0 radical (unpaired) electrons. The number of aliphatic imine (C=N–C) groups is 1. The molecule has 0 aliphatic carbocycles. The highest BCUT2D eigenvalue weighted by molar-refractivity contribution is 14.0. The fourth-order valence-corrected chi connectivity index (χ4v) is 3.49. The van der Waals surface area contributed by atoms with E-state index in [0.29, 0.717) is 6.54 Å². The lowest BCUT2D eigenvalue weighted by atomic mass is 10.1. The summed E-state index contributed by atoms with van der Waals surface area (Å²) in [4.78, 5) is 18.4. The Morgan fingerprint density at radius 1 is 1.32 bits per heavy atom. The maximum Gasteiger partial charge on any atom is 0.410 e. The van der Waals surface area contributed by atoms with Crippen LogP contribution in [0.1, 0.15) is 45.9 Å². The third-order valence-corrected chi connectivity index (χ3v) is 4.89. The van der Waals surface area contributed by atoms with Crippen molar-refractivity contribution >= 4 is 41.7 Å². The van der Waals surface area contributed by atoms with Crippen molar-refractivity contribution in [3.63, 3.8) is 0 Å². The molecule has 10 heteroatoms. The minimum atomic E-state index is -0.481. The molecule has 9 nitrogen and oxygen atoms in total. The SMILES string of the molecule is CN=C(NCCCc1nnc2ccccn12)NC1CCCN(C(=O)OC(C)(C)C)C1.I. The summed E-state index contributed by atoms with van der Waals surface area (Å²) in [7, 11) is 1.76. The molecule has 1 aliphatic rings. The van der Waals surface area contributed by atoms with Gasteiger partial charge in [0.1, 0.15) is 11.4 Å². The summed E-state index contributed by atoms with van der Waals surface area (Å²) in [5, 5.41) is 15.2. The summed E-state index contributed by atoms with van der Waals surface area (Å²) >= 11 is 0. The molecular weight excluding hydrogens is 509 g/mol. The van der Waals surface area contributed by atoms with Crippen molar-refractivity contribution in [3.05, 3.63) is 30.2 Å². The van der Waals surface area contributed by atoms with Gasteiger partial charge in [-0.2, -0.15) is 0 Å². The molecule has 3 heterocycles. The number of aryl methyl sites for hydroxylation is 1. The van der Waals surface area contributed by atoms with Crippen molar-refractivity contribution in [1.29, 1.82) is 0 Å². The number of guanidine groups is 1. The monoisotopic (exact) mass is 543 g/mol. The average molecular weight is 543 g/mol. The Bertz CT molecular complexity index is 878. The molecule has 1 saturated heterocycles. The van der Waals surface area contributed by atoms with Gasteiger partial charge in [-0.05, 0) is 52.2 Å². The first kappa shape index (κ1) is 25.2. The molecule has 2 N–H and O–H groups in total. The van der Waals surface area contributed by atoms with E-state index in [0.717, 1.165) is 56.2 Å². The van der Waals surface area contributed by atoms with Crippen LogP contribution in [0.2, 0.25) is 0 Å². The lowest BCUT2D eigenvalue weighted by molar-refractivity contribution is 0.0193. The van der Waals surface area contributed by atoms with Crippen LogP contribution in [-0.4, -0.2) is 69.9 Å². The zero-order valence-corrected chi connectivity index (χ0v) is 21.1. The van der Waals surface area contributed by atoms with Gasteiger partial charge in [-0.25, -0.2) is 4.79 Å². The number of hydrogen-bond acceptors (Lipinski definition) is 5. The Morgan fingerprint density at radius 3 is 2.87 bits per heavy atom. The predicted molar refractivity (Wildman–Crippen MR) is 132 cm³/mol. The zero-order chi connectivity index (χ0) is 21.6. The number of amides is 1. The minimum absolute atomic E-state index is 0. The number of fused-ring (bicyclic) bond motifs is 1. The molecule has 3 rings (SSSR count). The number of carbonyl (C=O) groups is 1. The Balaban J connectivity index is 0.00000341. The van der Waals surface area contributed by atoms with Gasteiger partial charge >= 0.3 is 6.09 Å². The minimum Gasteiger partial charge on any atom is -0.444 e. The largest absolute Gasteiger partial charge is 0.444 e. The van der Waals surface area contributed by atoms with Crippen molar-refractivity contribution in [2.45, 2.75) is 58.1 Å². The first-order valence-electron chi connectivity index (χ1n) is 10.6. The average Bonchev–Trinajstić information content (AvgIpc) is 3.12. The fraction of sp³-hybridized carbons (Fsp3) is 0.619. The molecule has 0 saturated carbocycles. The fourth-order valence-electron chi connectivity index (χ4n) is 3.49. The second-order valence-electron chi connectivity index (χ2n) is 8.56. The molecule has 31 heavy (non-hydrogen) atoms. The number of nitrogens with zero attached hydrogens (tertiary/aromatic N) is 5. The third kappa shape index (κ3) is 7.51. The predicted octanol–water partition coefficient (Wildman–Crippen LogP) is 2.84. The van der Waals surface area contributed by atoms with Crippen LogP contribution in [0.15, 0.2) is 29.4 Å². The van der Waals surface area contributed by atoms with Crippen molar-refractivity contribution in [3.8, 4) is 0 Å². The molecule has 0 aromatic carbocycles. The summed E-state index contributed by atoms with van der Waals surface area (Å²) in [6.07, 6.45) is 5.39. The lowest BCUT2D eigenvalue weighted by Gasteiger charge is -2.35. The molecule has 1 fully saturated rings. The van der Waals surface area contributed by atoms with E-state index in [1.807, 2.05) is 49.6 Å². The maximum absolute atomic E-state index is 12.3. The van der Waals surface area contributed by atoms with Gasteiger partial charge in [-0.1, -0.05) is 6.07 Å². The summed E-state index contributed by atoms with van der Waals surface area (Å²) in [5.74, 6) is 1.70. The van der Waals surface area contributed by atoms with Crippen LogP contribution in [0.3, 0.4) is 0 Å². The van der Waals surface area contributed by atoms with Crippen LogP contribution in [-0.2, 0) is 11.2 Å². The zero-order valence-electron chi connectivity index (χ0n) is 18.8. The van der Waals surface area contributed by atoms with E-state index in [1.165, 1.54) is 0 Å². The highest BCUT2D eigenvalue weighted by Crippen LogP contribution is 2.15. The lowest BCUT2D eigenvalue weighted by Crippen LogP contribution is -2.53. The highest BCUT2D eigenvalue weighted by atomic mass is 127. The van der Waals surface area contributed by atoms with Crippen molar-refractivity contribution in [1.82, 2.24) is 30.1 Å². The third-order valence-electron chi connectivity index (χ3n) is 4.89. The van der Waals surface area contributed by atoms with Crippen molar-refractivity contribution in [2.24, 2.45) is 4.99 Å². The highest BCUT2D eigenvalue weighted by Gasteiger charge is 2.28. The van der Waals surface area contributed by atoms with Gasteiger partial charge in [-0.3, -0.25) is 9.39 Å². The van der Waals surface area contributed by atoms with Crippen molar-refractivity contribution < 1.29 is 9.53 Å². The Hall–Kier alpha value is -2.11. The van der Waals surface area contributed by atoms with E-state index in [4.69, 9.17) is 4.74 Å². The first-order valence-corrected chi connectivity index (χ1v) is 10.6. The van der Waals surface area contributed by atoms with E-state index in [-0.39, 0.29) is 36.1 Å². The number of nitrogens with one attached hydrogen (secondary N) is 2. The topological polar surface area (TPSA) is 96.1 Å². The van der Waals surface area contributed by atoms with Gasteiger partial charge in [0, 0.05) is 45.3 Å². The number of hydrogen-bond donors (Lipinski definition) is 2. The van der Waals surface area contributed by atoms with Gasteiger partial charge in [0.2, 0.25) is 0 Å². The maximum atomic E-state index is 12.3. The van der Waals surface area contributed by atoms with Crippen LogP contribution < -0.4 is 10.6 Å². The number of rotatable bonds is 5. The Kier molecular flexibility index (Phi) is 9.32. The van der Waals surface area contributed by atoms with Crippen molar-refractivity contribution in [2.75, 3.05) is 26.7 Å². The van der Waals surface area contributed by atoms with Gasteiger partial charge in [0.25, 0.3) is 0 Å². The first-order chi connectivity index (χ1) is 14.4. The molecule has 2 aromatic rings. The molecule has 1 aliphatic heterocycles.